The van der Waals surface area contributed by atoms with Crippen molar-refractivity contribution >= 4 is 29.1 Å². The number of hydrogen-bond donors (Lipinski definition) is 1. The molecule has 2 N–H and O–H groups in total. The van der Waals surface area contributed by atoms with Gasteiger partial charge in [-0.1, -0.05) is 29.4 Å². The Balaban J connectivity index is 2.05. The highest BCUT2D eigenvalue weighted by Gasteiger charge is 2.03. The van der Waals surface area contributed by atoms with Crippen LogP contribution in [-0.2, 0) is 5.75 Å². The number of rotatable bonds is 3. The molecule has 0 unspecified atom stereocenters. The first kappa shape index (κ1) is 10.4. The number of benzene rings is 1. The molecule has 0 fully saturated rings. The number of nitrogens with zero attached hydrogens (tertiary/aromatic N) is 1. The fourth-order valence-corrected chi connectivity index (χ4v) is 2.10. The Morgan fingerprint density at radius 2 is 2.33 bits per heavy atom. The summed E-state index contributed by atoms with van der Waals surface area (Å²) in [7, 11) is 0. The van der Waals surface area contributed by atoms with Crippen molar-refractivity contribution in [1.29, 1.82) is 0 Å². The van der Waals surface area contributed by atoms with Gasteiger partial charge in [-0.05, 0) is 17.7 Å². The number of oxazole rings is 1. The molecule has 0 radical (unpaired) electrons. The summed E-state index contributed by atoms with van der Waals surface area (Å²) in [5, 5.41) is 1.29. The van der Waals surface area contributed by atoms with Crippen molar-refractivity contribution in [1.82, 2.24) is 4.98 Å². The molecule has 0 saturated carbocycles. The third kappa shape index (κ3) is 2.67. The van der Waals surface area contributed by atoms with Gasteiger partial charge in [-0.15, -0.1) is 0 Å². The first-order chi connectivity index (χ1) is 7.25. The summed E-state index contributed by atoms with van der Waals surface area (Å²) in [6.45, 7) is 0. The van der Waals surface area contributed by atoms with Crippen LogP contribution in [0.4, 0.5) is 5.69 Å². The number of halogens is 1. The maximum absolute atomic E-state index is 5.81. The summed E-state index contributed by atoms with van der Waals surface area (Å²) in [4.78, 5) is 4.01. The average molecular weight is 241 g/mol. The van der Waals surface area contributed by atoms with E-state index in [2.05, 4.69) is 4.98 Å². The lowest BCUT2D eigenvalue weighted by atomic mass is 10.2. The minimum Gasteiger partial charge on any atom is -0.440 e. The minimum atomic E-state index is 0.643. The predicted molar refractivity (Wildman–Crippen MR) is 61.9 cm³/mol. The molecule has 0 bridgehead atoms. The highest BCUT2D eigenvalue weighted by Crippen LogP contribution is 2.25. The molecule has 2 rings (SSSR count). The van der Waals surface area contributed by atoms with Crippen LogP contribution in [0.5, 0.6) is 0 Å². The van der Waals surface area contributed by atoms with Crippen LogP contribution < -0.4 is 5.73 Å². The number of thioether (sulfide) groups is 1. The molecule has 15 heavy (non-hydrogen) atoms. The highest BCUT2D eigenvalue weighted by atomic mass is 35.5. The summed E-state index contributed by atoms with van der Waals surface area (Å²) in [5.74, 6) is 0.726. The molecule has 1 aromatic heterocycles. The van der Waals surface area contributed by atoms with Gasteiger partial charge in [0.2, 0.25) is 0 Å². The molecule has 0 aliphatic carbocycles. The zero-order chi connectivity index (χ0) is 10.7. The van der Waals surface area contributed by atoms with Crippen LogP contribution >= 0.6 is 23.4 Å². The maximum atomic E-state index is 5.81. The van der Waals surface area contributed by atoms with Crippen LogP contribution in [0.1, 0.15) is 5.56 Å². The van der Waals surface area contributed by atoms with Crippen molar-refractivity contribution in [2.75, 3.05) is 5.73 Å². The Kier molecular flexibility index (Phi) is 3.18. The third-order valence-corrected chi connectivity index (χ3v) is 3.01. The molecule has 1 heterocycles. The molecule has 0 atom stereocenters. The molecule has 3 nitrogen and oxygen atoms in total. The number of aromatic nitrogens is 1. The van der Waals surface area contributed by atoms with Gasteiger partial charge in [-0.3, -0.25) is 0 Å². The molecule has 0 spiro atoms. The lowest BCUT2D eigenvalue weighted by molar-refractivity contribution is 0.454. The lowest BCUT2D eigenvalue weighted by Crippen LogP contribution is -1.92. The first-order valence-electron chi connectivity index (χ1n) is 4.32. The summed E-state index contributed by atoms with van der Waals surface area (Å²) >= 11 is 7.30. The van der Waals surface area contributed by atoms with E-state index < -0.39 is 0 Å². The van der Waals surface area contributed by atoms with E-state index in [0.717, 1.165) is 11.3 Å². The van der Waals surface area contributed by atoms with Crippen molar-refractivity contribution in [3.63, 3.8) is 0 Å². The molecule has 78 valence electrons. The standard InChI is InChI=1S/C10H9ClN2OS/c11-8-2-1-7(9(12)5-8)6-15-10-13-3-4-14-10/h1-5H,6,12H2. The lowest BCUT2D eigenvalue weighted by Gasteiger charge is -2.03. The van der Waals surface area contributed by atoms with Gasteiger partial charge in [0.15, 0.2) is 0 Å². The first-order valence-corrected chi connectivity index (χ1v) is 5.68. The summed E-state index contributed by atoms with van der Waals surface area (Å²) < 4.78 is 5.10. The van der Waals surface area contributed by atoms with Crippen LogP contribution in [0.2, 0.25) is 5.02 Å². The fourth-order valence-electron chi connectivity index (χ4n) is 1.12. The van der Waals surface area contributed by atoms with E-state index in [1.807, 2.05) is 12.1 Å². The number of nitrogens with two attached hydrogens (primary N) is 1. The van der Waals surface area contributed by atoms with Crippen molar-refractivity contribution in [3.8, 4) is 0 Å². The largest absolute Gasteiger partial charge is 0.440 e. The molecule has 2 aromatic rings. The Labute approximate surface area is 96.6 Å². The number of nitrogen functional groups attached to an aromatic ring is 1. The number of hydrogen-bond acceptors (Lipinski definition) is 4. The molecule has 5 heteroatoms. The quantitative estimate of drug-likeness (QED) is 0.661. The second-order valence-electron chi connectivity index (χ2n) is 2.93. The zero-order valence-corrected chi connectivity index (χ0v) is 9.39. The fraction of sp³-hybridized carbons (Fsp3) is 0.100. The SMILES string of the molecule is Nc1cc(Cl)ccc1CSc1ncco1. The van der Waals surface area contributed by atoms with Crippen molar-refractivity contribution < 1.29 is 4.42 Å². The molecular formula is C10H9ClN2OS. The molecule has 0 aliphatic rings. The van der Waals surface area contributed by atoms with E-state index in [0.29, 0.717) is 15.9 Å². The minimum absolute atomic E-state index is 0.643. The predicted octanol–water partition coefficient (Wildman–Crippen LogP) is 3.20. The van der Waals surface area contributed by atoms with E-state index in [-0.39, 0.29) is 0 Å². The van der Waals surface area contributed by atoms with Crippen LogP contribution in [0.15, 0.2) is 40.3 Å². The average Bonchev–Trinajstić information content (AvgIpc) is 2.69. The third-order valence-electron chi connectivity index (χ3n) is 1.87. The van der Waals surface area contributed by atoms with E-state index in [1.165, 1.54) is 11.8 Å². The number of anilines is 1. The highest BCUT2D eigenvalue weighted by molar-refractivity contribution is 7.98. The smallest absolute Gasteiger partial charge is 0.255 e. The Hall–Kier alpha value is -1.13. The molecule has 0 amide bonds. The summed E-state index contributed by atoms with van der Waals surface area (Å²) in [6, 6.07) is 5.48. The molecular weight excluding hydrogens is 232 g/mol. The molecule has 1 aromatic carbocycles. The van der Waals surface area contributed by atoms with Crippen molar-refractivity contribution in [3.05, 3.63) is 41.2 Å². The van der Waals surface area contributed by atoms with E-state index in [4.69, 9.17) is 21.8 Å². The van der Waals surface area contributed by atoms with E-state index in [9.17, 15) is 0 Å². The van der Waals surface area contributed by atoms with Crippen LogP contribution in [-0.4, -0.2) is 4.98 Å². The topological polar surface area (TPSA) is 52.0 Å². The van der Waals surface area contributed by atoms with Gasteiger partial charge in [-0.25, -0.2) is 4.98 Å². The van der Waals surface area contributed by atoms with E-state index in [1.54, 1.807) is 18.5 Å². The Morgan fingerprint density at radius 1 is 1.47 bits per heavy atom. The van der Waals surface area contributed by atoms with Crippen molar-refractivity contribution in [2.24, 2.45) is 0 Å². The second kappa shape index (κ2) is 4.59. The maximum Gasteiger partial charge on any atom is 0.255 e. The van der Waals surface area contributed by atoms with Gasteiger partial charge in [0.25, 0.3) is 5.22 Å². The van der Waals surface area contributed by atoms with Crippen LogP contribution in [0.3, 0.4) is 0 Å². The summed E-state index contributed by atoms with van der Waals surface area (Å²) in [6.07, 6.45) is 3.17. The second-order valence-corrected chi connectivity index (χ2v) is 4.29. The van der Waals surface area contributed by atoms with Gasteiger partial charge < -0.3 is 10.2 Å². The monoisotopic (exact) mass is 240 g/mol. The zero-order valence-electron chi connectivity index (χ0n) is 7.81. The van der Waals surface area contributed by atoms with Crippen LogP contribution in [0, 0.1) is 0 Å². The van der Waals surface area contributed by atoms with Crippen LogP contribution in [0.25, 0.3) is 0 Å². The Morgan fingerprint density at radius 3 is 3.00 bits per heavy atom. The van der Waals surface area contributed by atoms with Gasteiger partial charge in [0, 0.05) is 16.5 Å². The Bertz CT molecular complexity index is 445. The van der Waals surface area contributed by atoms with Gasteiger partial charge in [-0.2, -0.15) is 0 Å². The summed E-state index contributed by atoms with van der Waals surface area (Å²) in [5.41, 5.74) is 7.54. The van der Waals surface area contributed by atoms with Gasteiger partial charge >= 0.3 is 0 Å². The van der Waals surface area contributed by atoms with Gasteiger partial charge in [0.05, 0.1) is 6.20 Å². The molecule has 0 saturated heterocycles. The van der Waals surface area contributed by atoms with Crippen molar-refractivity contribution in [2.45, 2.75) is 11.0 Å². The van der Waals surface area contributed by atoms with Gasteiger partial charge in [0.1, 0.15) is 6.26 Å². The molecule has 0 aliphatic heterocycles. The van der Waals surface area contributed by atoms with E-state index >= 15 is 0 Å². The normalized spacial score (nSPS) is 10.5.